The Balaban J connectivity index is 2.76. The first-order valence-electron chi connectivity index (χ1n) is 5.43. The molecular formula is C10H23NS2. The van der Waals surface area contributed by atoms with Crippen molar-refractivity contribution in [3.05, 3.63) is 0 Å². The Hall–Kier alpha value is 0.660. The molecule has 0 aliphatic carbocycles. The maximum Gasteiger partial charge on any atom is 0.00662 e. The Morgan fingerprint density at radius 3 is 2.38 bits per heavy atom. The van der Waals surface area contributed by atoms with Crippen molar-refractivity contribution in [3.8, 4) is 0 Å². The van der Waals surface area contributed by atoms with E-state index in [9.17, 15) is 0 Å². The fourth-order valence-electron chi connectivity index (χ4n) is 0.962. The Labute approximate surface area is 91.4 Å². The van der Waals surface area contributed by atoms with Gasteiger partial charge in [-0.1, -0.05) is 50.3 Å². The third-order valence-electron chi connectivity index (χ3n) is 1.83. The van der Waals surface area contributed by atoms with Gasteiger partial charge in [-0.15, -0.1) is 0 Å². The molecule has 0 radical (unpaired) electrons. The predicted octanol–water partition coefficient (Wildman–Crippen LogP) is 4.25. The van der Waals surface area contributed by atoms with Gasteiger partial charge >= 0.3 is 0 Å². The van der Waals surface area contributed by atoms with Gasteiger partial charge in [-0.3, -0.25) is 4.72 Å². The first-order valence-corrected chi connectivity index (χ1v) is 7.75. The SMILES string of the molecule is CCCCCCSSNCCCC. The van der Waals surface area contributed by atoms with Crippen molar-refractivity contribution in [2.24, 2.45) is 0 Å². The summed E-state index contributed by atoms with van der Waals surface area (Å²) in [4.78, 5) is 0. The maximum atomic E-state index is 3.36. The maximum absolute atomic E-state index is 3.36. The van der Waals surface area contributed by atoms with Crippen LogP contribution in [0.1, 0.15) is 52.4 Å². The molecular weight excluding hydrogens is 198 g/mol. The highest BCUT2D eigenvalue weighted by Crippen LogP contribution is 2.19. The summed E-state index contributed by atoms with van der Waals surface area (Å²) in [5.41, 5.74) is 0. The molecule has 0 aliphatic heterocycles. The first kappa shape index (κ1) is 13.7. The molecule has 13 heavy (non-hydrogen) atoms. The van der Waals surface area contributed by atoms with Gasteiger partial charge < -0.3 is 0 Å². The van der Waals surface area contributed by atoms with Crippen LogP contribution in [0.3, 0.4) is 0 Å². The van der Waals surface area contributed by atoms with Crippen molar-refractivity contribution in [2.75, 3.05) is 12.3 Å². The number of hydrogen-bond acceptors (Lipinski definition) is 3. The molecule has 0 spiro atoms. The second-order valence-corrected chi connectivity index (χ2v) is 5.52. The molecule has 0 amide bonds. The lowest BCUT2D eigenvalue weighted by Gasteiger charge is -2.01. The molecule has 1 N–H and O–H groups in total. The smallest absolute Gasteiger partial charge is 0.00662 e. The van der Waals surface area contributed by atoms with E-state index in [-0.39, 0.29) is 0 Å². The minimum absolute atomic E-state index is 1.16. The lowest BCUT2D eigenvalue weighted by Crippen LogP contribution is -2.02. The molecule has 3 heteroatoms. The quantitative estimate of drug-likeness (QED) is 0.336. The van der Waals surface area contributed by atoms with Crippen molar-refractivity contribution >= 4 is 21.8 Å². The number of rotatable bonds is 10. The van der Waals surface area contributed by atoms with E-state index in [2.05, 4.69) is 18.6 Å². The van der Waals surface area contributed by atoms with Crippen molar-refractivity contribution in [2.45, 2.75) is 52.4 Å². The van der Waals surface area contributed by atoms with Gasteiger partial charge in [0.05, 0.1) is 0 Å². The molecule has 0 heterocycles. The molecule has 0 aromatic heterocycles. The van der Waals surface area contributed by atoms with Crippen LogP contribution in [0, 0.1) is 0 Å². The average molecular weight is 221 g/mol. The van der Waals surface area contributed by atoms with E-state index in [1.54, 1.807) is 0 Å². The summed E-state index contributed by atoms with van der Waals surface area (Å²) in [6, 6.07) is 0. The molecule has 0 atom stereocenters. The predicted molar refractivity (Wildman–Crippen MR) is 67.1 cm³/mol. The summed E-state index contributed by atoms with van der Waals surface area (Å²) >= 11 is 0. The summed E-state index contributed by atoms with van der Waals surface area (Å²) in [5, 5.41) is 0. The highest BCUT2D eigenvalue weighted by molar-refractivity contribution is 8.76. The topological polar surface area (TPSA) is 12.0 Å². The fourth-order valence-corrected chi connectivity index (χ4v) is 2.78. The molecule has 0 saturated carbocycles. The molecule has 80 valence electrons. The molecule has 0 aromatic rings. The largest absolute Gasteiger partial charge is 0.255 e. The zero-order valence-corrected chi connectivity index (χ0v) is 10.6. The Bertz CT molecular complexity index is 79.0. The molecule has 0 fully saturated rings. The normalized spacial score (nSPS) is 10.6. The van der Waals surface area contributed by atoms with E-state index in [0.29, 0.717) is 0 Å². The van der Waals surface area contributed by atoms with E-state index >= 15 is 0 Å². The summed E-state index contributed by atoms with van der Waals surface area (Å²) in [6.45, 7) is 5.64. The third-order valence-corrected chi connectivity index (χ3v) is 3.93. The van der Waals surface area contributed by atoms with Crippen LogP contribution in [0.2, 0.25) is 0 Å². The van der Waals surface area contributed by atoms with Crippen LogP contribution in [0.4, 0.5) is 0 Å². The molecule has 0 unspecified atom stereocenters. The standard InChI is InChI=1S/C10H23NS2/c1-3-5-7-8-10-12-13-11-9-6-4-2/h11H,3-10H2,1-2H3. The van der Waals surface area contributed by atoms with Gasteiger partial charge in [0, 0.05) is 12.3 Å². The summed E-state index contributed by atoms with van der Waals surface area (Å²) in [7, 11) is 3.78. The number of hydrogen-bond donors (Lipinski definition) is 1. The van der Waals surface area contributed by atoms with E-state index in [1.807, 2.05) is 21.8 Å². The van der Waals surface area contributed by atoms with E-state index in [1.165, 1.54) is 44.3 Å². The monoisotopic (exact) mass is 221 g/mol. The Kier molecular flexibility index (Phi) is 13.3. The molecule has 0 rings (SSSR count). The van der Waals surface area contributed by atoms with Crippen molar-refractivity contribution in [1.29, 1.82) is 0 Å². The highest BCUT2D eigenvalue weighted by Gasteiger charge is 1.90. The van der Waals surface area contributed by atoms with Crippen LogP contribution >= 0.6 is 21.8 Å². The van der Waals surface area contributed by atoms with Gasteiger partial charge in [-0.2, -0.15) is 0 Å². The first-order chi connectivity index (χ1) is 6.41. The second kappa shape index (κ2) is 12.7. The van der Waals surface area contributed by atoms with Crippen molar-refractivity contribution in [3.63, 3.8) is 0 Å². The van der Waals surface area contributed by atoms with E-state index in [4.69, 9.17) is 0 Å². The highest BCUT2D eigenvalue weighted by atomic mass is 33.1. The molecule has 0 aromatic carbocycles. The minimum Gasteiger partial charge on any atom is -0.255 e. The zero-order chi connectivity index (χ0) is 9.78. The number of unbranched alkanes of at least 4 members (excludes halogenated alkanes) is 4. The Morgan fingerprint density at radius 1 is 0.923 bits per heavy atom. The van der Waals surface area contributed by atoms with Crippen LogP contribution in [-0.4, -0.2) is 12.3 Å². The minimum atomic E-state index is 1.16. The lowest BCUT2D eigenvalue weighted by atomic mass is 10.2. The summed E-state index contributed by atoms with van der Waals surface area (Å²) < 4.78 is 3.36. The van der Waals surface area contributed by atoms with Gasteiger partial charge in [0.25, 0.3) is 0 Å². The Morgan fingerprint density at radius 2 is 1.69 bits per heavy atom. The summed E-state index contributed by atoms with van der Waals surface area (Å²) in [6.07, 6.45) is 8.10. The van der Waals surface area contributed by atoms with Crippen molar-refractivity contribution < 1.29 is 0 Å². The van der Waals surface area contributed by atoms with Gasteiger partial charge in [0.15, 0.2) is 0 Å². The lowest BCUT2D eigenvalue weighted by molar-refractivity contribution is 0.707. The van der Waals surface area contributed by atoms with Crippen LogP contribution in [-0.2, 0) is 0 Å². The average Bonchev–Trinajstić information content (AvgIpc) is 2.16. The molecule has 1 nitrogen and oxygen atoms in total. The second-order valence-electron chi connectivity index (χ2n) is 3.21. The van der Waals surface area contributed by atoms with Crippen LogP contribution in [0.25, 0.3) is 0 Å². The van der Waals surface area contributed by atoms with Gasteiger partial charge in [-0.05, 0) is 23.8 Å². The number of nitrogens with one attached hydrogen (secondary N) is 1. The van der Waals surface area contributed by atoms with Crippen LogP contribution in [0.5, 0.6) is 0 Å². The van der Waals surface area contributed by atoms with Crippen LogP contribution < -0.4 is 4.72 Å². The third kappa shape index (κ3) is 12.7. The van der Waals surface area contributed by atoms with Crippen molar-refractivity contribution in [1.82, 2.24) is 4.72 Å². The molecule has 0 aliphatic rings. The molecule has 0 bridgehead atoms. The van der Waals surface area contributed by atoms with Gasteiger partial charge in [0.2, 0.25) is 0 Å². The summed E-state index contributed by atoms with van der Waals surface area (Å²) in [5.74, 6) is 1.30. The van der Waals surface area contributed by atoms with E-state index in [0.717, 1.165) is 6.54 Å². The van der Waals surface area contributed by atoms with E-state index < -0.39 is 0 Å². The van der Waals surface area contributed by atoms with Gasteiger partial charge in [0.1, 0.15) is 0 Å². The van der Waals surface area contributed by atoms with Crippen LogP contribution in [0.15, 0.2) is 0 Å². The molecule has 0 saturated heterocycles. The van der Waals surface area contributed by atoms with Gasteiger partial charge in [-0.25, -0.2) is 0 Å². The zero-order valence-electron chi connectivity index (χ0n) is 8.97. The fraction of sp³-hybridized carbons (Fsp3) is 1.00.